The molecule has 0 aliphatic heterocycles. The maximum Gasteiger partial charge on any atom is 0.179 e. The summed E-state index contributed by atoms with van der Waals surface area (Å²) in [5.41, 5.74) is 7.23. The summed E-state index contributed by atoms with van der Waals surface area (Å²) in [5, 5.41) is 5.40. The Kier molecular flexibility index (Phi) is 7.54. The minimum atomic E-state index is -2.59. The molecule has 0 fully saturated rings. The van der Waals surface area contributed by atoms with Crippen molar-refractivity contribution in [2.24, 2.45) is 0 Å². The second-order valence-electron chi connectivity index (χ2n) is 11.6. The van der Waals surface area contributed by atoms with E-state index in [2.05, 4.69) is 146 Å². The molecule has 0 saturated heterocycles. The lowest BCUT2D eigenvalue weighted by atomic mass is 10.0. The van der Waals surface area contributed by atoms with Gasteiger partial charge in [-0.15, -0.1) is 0 Å². The summed E-state index contributed by atoms with van der Waals surface area (Å²) in [7, 11) is -2.59. The van der Waals surface area contributed by atoms with Crippen molar-refractivity contribution in [2.45, 2.75) is 0 Å². The van der Waals surface area contributed by atoms with Crippen LogP contribution in [0.25, 0.3) is 44.8 Å². The molecule has 0 spiro atoms. The number of pyridine rings is 1. The number of rotatable bonds is 7. The van der Waals surface area contributed by atoms with Crippen molar-refractivity contribution in [3.05, 3.63) is 188 Å². The van der Waals surface area contributed by atoms with E-state index in [-0.39, 0.29) is 0 Å². The molecule has 2 aromatic heterocycles. The number of hydrogen-bond donors (Lipinski definition) is 0. The zero-order chi connectivity index (χ0) is 31.5. The molecule has 4 heteroatoms. The lowest BCUT2D eigenvalue weighted by Crippen LogP contribution is -2.74. The molecule has 6 aromatic carbocycles. The van der Waals surface area contributed by atoms with Gasteiger partial charge in [0.05, 0.1) is 11.4 Å². The fraction of sp³-hybridized carbons (Fsp3) is 0. The van der Waals surface area contributed by atoms with Crippen molar-refractivity contribution >= 4 is 40.0 Å². The third-order valence-electron chi connectivity index (χ3n) is 8.89. The van der Waals surface area contributed by atoms with Crippen LogP contribution in [-0.2, 0) is 0 Å². The van der Waals surface area contributed by atoms with Gasteiger partial charge < -0.3 is 0 Å². The predicted molar refractivity (Wildman–Crippen MR) is 197 cm³/mol. The van der Waals surface area contributed by atoms with Gasteiger partial charge in [-0.2, -0.15) is 0 Å². The Balaban J connectivity index is 1.26. The molecule has 0 aliphatic carbocycles. The molecule has 47 heavy (non-hydrogen) atoms. The third kappa shape index (κ3) is 5.25. The molecule has 0 unspecified atom stereocenters. The first kappa shape index (κ1) is 28.5. The Bertz CT molecular complexity index is 2160. The van der Waals surface area contributed by atoms with E-state index in [0.717, 1.165) is 39.2 Å². The highest BCUT2D eigenvalue weighted by molar-refractivity contribution is 7.19. The molecule has 0 N–H and O–H groups in total. The van der Waals surface area contributed by atoms with Gasteiger partial charge in [0.15, 0.2) is 13.7 Å². The molecular formula is C43H31N3Si. The highest BCUT2D eigenvalue weighted by Gasteiger charge is 2.41. The lowest BCUT2D eigenvalue weighted by molar-refractivity contribution is 1.23. The summed E-state index contributed by atoms with van der Waals surface area (Å²) >= 11 is 0. The minimum Gasteiger partial charge on any atom is -0.242 e. The number of aromatic nitrogens is 3. The molecule has 0 bridgehead atoms. The standard InChI is InChI=1S/C43H31N3Si/c1-6-16-33(17-7-1)41-42(34-18-8-2-9-19-34)46-43-40(45-41)30-35(31-44-43)32-26-28-39(29-27-32)47(36-20-10-3-11-21-36,37-22-12-4-13-23-37)38-24-14-5-15-25-38/h1-31H. The number of fused-ring (bicyclic) bond motifs is 1. The fourth-order valence-electron chi connectivity index (χ4n) is 6.68. The van der Waals surface area contributed by atoms with Gasteiger partial charge in [-0.3, -0.25) is 0 Å². The average molecular weight is 618 g/mol. The SMILES string of the molecule is c1ccc(-c2nc3cc(-c4ccc([Si](c5ccccc5)(c5ccccc5)c5ccccc5)cc4)cnc3nc2-c2ccccc2)cc1. The molecule has 8 aromatic rings. The summed E-state index contributed by atoms with van der Waals surface area (Å²) in [6.45, 7) is 0. The highest BCUT2D eigenvalue weighted by Crippen LogP contribution is 2.31. The lowest BCUT2D eigenvalue weighted by Gasteiger charge is -2.34. The molecular weight excluding hydrogens is 587 g/mol. The van der Waals surface area contributed by atoms with Gasteiger partial charge in [0.2, 0.25) is 0 Å². The highest BCUT2D eigenvalue weighted by atomic mass is 28.3. The van der Waals surface area contributed by atoms with Gasteiger partial charge >= 0.3 is 0 Å². The van der Waals surface area contributed by atoms with Crippen molar-refractivity contribution < 1.29 is 0 Å². The van der Waals surface area contributed by atoms with E-state index < -0.39 is 8.07 Å². The van der Waals surface area contributed by atoms with Gasteiger partial charge in [-0.05, 0) is 32.4 Å². The fourth-order valence-corrected chi connectivity index (χ4v) is 11.4. The molecule has 0 saturated carbocycles. The Morgan fingerprint density at radius 1 is 0.340 bits per heavy atom. The third-order valence-corrected chi connectivity index (χ3v) is 13.7. The Hall–Kier alpha value is -5.97. The molecule has 0 amide bonds. The van der Waals surface area contributed by atoms with Gasteiger partial charge in [0.1, 0.15) is 5.52 Å². The summed E-state index contributed by atoms with van der Waals surface area (Å²) in [4.78, 5) is 15.0. The zero-order valence-electron chi connectivity index (χ0n) is 25.7. The first-order chi connectivity index (χ1) is 23.3. The van der Waals surface area contributed by atoms with E-state index in [9.17, 15) is 0 Å². The van der Waals surface area contributed by atoms with Crippen LogP contribution in [0.3, 0.4) is 0 Å². The van der Waals surface area contributed by atoms with Crippen LogP contribution >= 0.6 is 0 Å². The average Bonchev–Trinajstić information content (AvgIpc) is 3.17. The number of hydrogen-bond acceptors (Lipinski definition) is 3. The van der Waals surface area contributed by atoms with Crippen LogP contribution in [0.5, 0.6) is 0 Å². The largest absolute Gasteiger partial charge is 0.242 e. The minimum absolute atomic E-state index is 0.632. The van der Waals surface area contributed by atoms with Gasteiger partial charge in [-0.1, -0.05) is 176 Å². The molecule has 222 valence electrons. The van der Waals surface area contributed by atoms with Crippen LogP contribution in [-0.4, -0.2) is 23.0 Å². The first-order valence-corrected chi connectivity index (χ1v) is 17.9. The summed E-state index contributed by atoms with van der Waals surface area (Å²) in [6, 6.07) is 64.7. The summed E-state index contributed by atoms with van der Waals surface area (Å²) in [6.07, 6.45) is 1.92. The monoisotopic (exact) mass is 617 g/mol. The maximum atomic E-state index is 5.17. The molecule has 3 nitrogen and oxygen atoms in total. The summed E-state index contributed by atoms with van der Waals surface area (Å²) in [5.74, 6) is 0. The van der Waals surface area contributed by atoms with E-state index in [1.807, 2.05) is 42.6 Å². The van der Waals surface area contributed by atoms with E-state index in [4.69, 9.17) is 15.0 Å². The Morgan fingerprint density at radius 2 is 0.745 bits per heavy atom. The molecule has 0 radical (unpaired) electrons. The van der Waals surface area contributed by atoms with E-state index in [1.165, 1.54) is 20.7 Å². The maximum absolute atomic E-state index is 5.17. The quantitative estimate of drug-likeness (QED) is 0.138. The van der Waals surface area contributed by atoms with Crippen molar-refractivity contribution in [1.82, 2.24) is 15.0 Å². The Morgan fingerprint density at radius 3 is 1.21 bits per heavy atom. The van der Waals surface area contributed by atoms with Crippen molar-refractivity contribution in [2.75, 3.05) is 0 Å². The van der Waals surface area contributed by atoms with Crippen LogP contribution in [0.1, 0.15) is 0 Å². The second-order valence-corrected chi connectivity index (χ2v) is 15.5. The van der Waals surface area contributed by atoms with Crippen LogP contribution in [0, 0.1) is 0 Å². The van der Waals surface area contributed by atoms with Crippen molar-refractivity contribution in [1.29, 1.82) is 0 Å². The van der Waals surface area contributed by atoms with Crippen LogP contribution in [0.15, 0.2) is 188 Å². The molecule has 0 aliphatic rings. The molecule has 2 heterocycles. The summed E-state index contributed by atoms with van der Waals surface area (Å²) < 4.78 is 0. The second kappa shape index (κ2) is 12.4. The normalized spacial score (nSPS) is 11.4. The zero-order valence-corrected chi connectivity index (χ0v) is 26.7. The van der Waals surface area contributed by atoms with E-state index in [1.54, 1.807) is 0 Å². The Labute approximate surface area is 275 Å². The van der Waals surface area contributed by atoms with Crippen LogP contribution < -0.4 is 20.7 Å². The predicted octanol–water partition coefficient (Wildman–Crippen LogP) is 7.40. The number of nitrogens with zero attached hydrogens (tertiary/aromatic N) is 3. The molecule has 8 rings (SSSR count). The topological polar surface area (TPSA) is 38.7 Å². The van der Waals surface area contributed by atoms with E-state index >= 15 is 0 Å². The first-order valence-electron chi connectivity index (χ1n) is 15.9. The van der Waals surface area contributed by atoms with Gasteiger partial charge in [0.25, 0.3) is 0 Å². The van der Waals surface area contributed by atoms with Gasteiger partial charge in [0, 0.05) is 22.9 Å². The smallest absolute Gasteiger partial charge is 0.179 e. The molecule has 0 atom stereocenters. The van der Waals surface area contributed by atoms with Crippen LogP contribution in [0.2, 0.25) is 0 Å². The van der Waals surface area contributed by atoms with Crippen molar-refractivity contribution in [3.8, 4) is 33.6 Å². The van der Waals surface area contributed by atoms with Crippen molar-refractivity contribution in [3.63, 3.8) is 0 Å². The van der Waals surface area contributed by atoms with Gasteiger partial charge in [-0.25, -0.2) is 15.0 Å². The number of benzene rings is 6. The van der Waals surface area contributed by atoms with Crippen LogP contribution in [0.4, 0.5) is 0 Å². The van der Waals surface area contributed by atoms with E-state index in [0.29, 0.717) is 5.65 Å².